The van der Waals surface area contributed by atoms with Crippen molar-refractivity contribution in [3.8, 4) is 0 Å². The van der Waals surface area contributed by atoms with Crippen LogP contribution < -0.4 is 0 Å². The lowest BCUT2D eigenvalue weighted by molar-refractivity contribution is 0.0697. The molecule has 1 aromatic carbocycles. The Morgan fingerprint density at radius 1 is 1.24 bits per heavy atom. The van der Waals surface area contributed by atoms with Crippen LogP contribution in [0.2, 0.25) is 0 Å². The van der Waals surface area contributed by atoms with E-state index in [0.717, 1.165) is 5.56 Å². The second-order valence-electron chi connectivity index (χ2n) is 4.69. The van der Waals surface area contributed by atoms with E-state index < -0.39 is 5.97 Å². The van der Waals surface area contributed by atoms with Crippen molar-refractivity contribution in [2.75, 3.05) is 0 Å². The van der Waals surface area contributed by atoms with E-state index in [1.807, 2.05) is 6.07 Å². The molecular formula is C15H18O2. The minimum Gasteiger partial charge on any atom is -0.478 e. The van der Waals surface area contributed by atoms with Crippen molar-refractivity contribution in [1.82, 2.24) is 0 Å². The van der Waals surface area contributed by atoms with Crippen molar-refractivity contribution in [3.05, 3.63) is 41.5 Å². The Hall–Kier alpha value is -1.57. The van der Waals surface area contributed by atoms with Crippen molar-refractivity contribution >= 4 is 12.0 Å². The highest BCUT2D eigenvalue weighted by molar-refractivity contribution is 5.88. The highest BCUT2D eigenvalue weighted by atomic mass is 16.4. The number of benzene rings is 1. The molecule has 0 aromatic heterocycles. The highest BCUT2D eigenvalue weighted by Crippen LogP contribution is 2.25. The first-order valence-electron chi connectivity index (χ1n) is 6.27. The van der Waals surface area contributed by atoms with Gasteiger partial charge in [0.25, 0.3) is 0 Å². The molecule has 2 rings (SSSR count). The number of carboxylic acids is 1. The highest BCUT2D eigenvalue weighted by Gasteiger charge is 2.09. The van der Waals surface area contributed by atoms with Gasteiger partial charge >= 0.3 is 5.97 Å². The third kappa shape index (κ3) is 3.45. The maximum absolute atomic E-state index is 10.8. The summed E-state index contributed by atoms with van der Waals surface area (Å²) in [5, 5.41) is 8.90. The Morgan fingerprint density at radius 2 is 2.00 bits per heavy atom. The van der Waals surface area contributed by atoms with Crippen LogP contribution in [0.15, 0.2) is 30.3 Å². The number of hydrogen-bond donors (Lipinski definition) is 1. The SMILES string of the molecule is O=C(O)c1cccc(/C=C\C2CCCCC2)c1. The Labute approximate surface area is 102 Å². The molecule has 0 amide bonds. The molecule has 1 aliphatic carbocycles. The number of rotatable bonds is 3. The lowest BCUT2D eigenvalue weighted by Crippen LogP contribution is -2.02. The molecule has 0 aliphatic heterocycles. The van der Waals surface area contributed by atoms with Gasteiger partial charge < -0.3 is 5.11 Å². The second-order valence-corrected chi connectivity index (χ2v) is 4.69. The summed E-state index contributed by atoms with van der Waals surface area (Å²) in [5.41, 5.74) is 1.34. The van der Waals surface area contributed by atoms with Crippen LogP contribution in [0.1, 0.15) is 48.0 Å². The molecule has 0 spiro atoms. The van der Waals surface area contributed by atoms with Crippen LogP contribution in [0.25, 0.3) is 6.08 Å². The summed E-state index contributed by atoms with van der Waals surface area (Å²) in [6.07, 6.45) is 10.8. The first-order valence-corrected chi connectivity index (χ1v) is 6.27. The van der Waals surface area contributed by atoms with E-state index in [4.69, 9.17) is 5.11 Å². The Kier molecular flexibility index (Phi) is 3.97. The van der Waals surface area contributed by atoms with E-state index in [9.17, 15) is 4.79 Å². The zero-order valence-electron chi connectivity index (χ0n) is 9.93. The van der Waals surface area contributed by atoms with Crippen molar-refractivity contribution in [3.63, 3.8) is 0 Å². The van der Waals surface area contributed by atoms with Crippen LogP contribution in [0.5, 0.6) is 0 Å². The Balaban J connectivity index is 2.04. The van der Waals surface area contributed by atoms with E-state index in [1.165, 1.54) is 32.1 Å². The van der Waals surface area contributed by atoms with E-state index in [1.54, 1.807) is 18.2 Å². The average Bonchev–Trinajstić information content (AvgIpc) is 2.38. The number of allylic oxidation sites excluding steroid dienone is 1. The normalized spacial score (nSPS) is 17.4. The topological polar surface area (TPSA) is 37.3 Å². The summed E-state index contributed by atoms with van der Waals surface area (Å²) in [6, 6.07) is 7.09. The Bertz CT molecular complexity index is 415. The second kappa shape index (κ2) is 5.67. The number of hydrogen-bond acceptors (Lipinski definition) is 1. The summed E-state index contributed by atoms with van der Waals surface area (Å²) >= 11 is 0. The molecule has 17 heavy (non-hydrogen) atoms. The van der Waals surface area contributed by atoms with Gasteiger partial charge in [0.2, 0.25) is 0 Å². The first-order chi connectivity index (χ1) is 8.25. The largest absolute Gasteiger partial charge is 0.478 e. The fourth-order valence-corrected chi connectivity index (χ4v) is 2.35. The van der Waals surface area contributed by atoms with Gasteiger partial charge in [0.15, 0.2) is 0 Å². The van der Waals surface area contributed by atoms with Crippen molar-refractivity contribution in [2.24, 2.45) is 5.92 Å². The molecule has 90 valence electrons. The monoisotopic (exact) mass is 230 g/mol. The molecule has 1 aliphatic rings. The van der Waals surface area contributed by atoms with Crippen LogP contribution >= 0.6 is 0 Å². The summed E-state index contributed by atoms with van der Waals surface area (Å²) in [4.78, 5) is 10.8. The van der Waals surface area contributed by atoms with Crippen LogP contribution in [0, 0.1) is 5.92 Å². The van der Waals surface area contributed by atoms with Gasteiger partial charge in [0.05, 0.1) is 5.56 Å². The van der Waals surface area contributed by atoms with Crippen molar-refractivity contribution in [1.29, 1.82) is 0 Å². The first kappa shape index (κ1) is 11.9. The van der Waals surface area contributed by atoms with E-state index in [-0.39, 0.29) is 0 Å². The third-order valence-electron chi connectivity index (χ3n) is 3.34. The van der Waals surface area contributed by atoms with Gasteiger partial charge in [0.1, 0.15) is 0 Å². The van der Waals surface area contributed by atoms with Gasteiger partial charge in [-0.05, 0) is 36.5 Å². The molecule has 1 N–H and O–H groups in total. The van der Waals surface area contributed by atoms with Crippen LogP contribution in [0.4, 0.5) is 0 Å². The number of carbonyl (C=O) groups is 1. The van der Waals surface area contributed by atoms with Gasteiger partial charge in [-0.2, -0.15) is 0 Å². The number of carboxylic acid groups (broad SMARTS) is 1. The molecule has 0 atom stereocenters. The van der Waals surface area contributed by atoms with Gasteiger partial charge in [-0.25, -0.2) is 4.79 Å². The molecule has 1 fully saturated rings. The van der Waals surface area contributed by atoms with Gasteiger partial charge in [-0.3, -0.25) is 0 Å². The third-order valence-corrected chi connectivity index (χ3v) is 3.34. The lowest BCUT2D eigenvalue weighted by atomic mass is 9.89. The summed E-state index contributed by atoms with van der Waals surface area (Å²) in [5.74, 6) is -0.185. The Morgan fingerprint density at radius 3 is 2.71 bits per heavy atom. The molecule has 0 radical (unpaired) electrons. The molecule has 2 heteroatoms. The summed E-state index contributed by atoms with van der Waals surface area (Å²) in [6.45, 7) is 0. The fourth-order valence-electron chi connectivity index (χ4n) is 2.35. The van der Waals surface area contributed by atoms with Crippen LogP contribution in [0.3, 0.4) is 0 Å². The molecular weight excluding hydrogens is 212 g/mol. The molecule has 1 aromatic rings. The maximum Gasteiger partial charge on any atom is 0.335 e. The summed E-state index contributed by atoms with van der Waals surface area (Å²) in [7, 11) is 0. The molecule has 0 bridgehead atoms. The van der Waals surface area contributed by atoms with Gasteiger partial charge in [-0.15, -0.1) is 0 Å². The average molecular weight is 230 g/mol. The van der Waals surface area contributed by atoms with Crippen molar-refractivity contribution < 1.29 is 9.90 Å². The van der Waals surface area contributed by atoms with Crippen molar-refractivity contribution in [2.45, 2.75) is 32.1 Å². The molecule has 0 saturated heterocycles. The molecule has 0 heterocycles. The smallest absolute Gasteiger partial charge is 0.335 e. The maximum atomic E-state index is 10.8. The zero-order valence-corrected chi connectivity index (χ0v) is 9.93. The fraction of sp³-hybridized carbons (Fsp3) is 0.400. The lowest BCUT2D eigenvalue weighted by Gasteiger charge is -2.17. The summed E-state index contributed by atoms with van der Waals surface area (Å²) < 4.78 is 0. The van der Waals surface area contributed by atoms with Gasteiger partial charge in [-0.1, -0.05) is 43.5 Å². The van der Waals surface area contributed by atoms with E-state index in [0.29, 0.717) is 11.5 Å². The minimum absolute atomic E-state index is 0.357. The predicted octanol–water partition coefficient (Wildman–Crippen LogP) is 3.98. The molecule has 0 unspecified atom stereocenters. The predicted molar refractivity (Wildman–Crippen MR) is 69.0 cm³/mol. The van der Waals surface area contributed by atoms with E-state index >= 15 is 0 Å². The quantitative estimate of drug-likeness (QED) is 0.852. The van der Waals surface area contributed by atoms with Gasteiger partial charge in [0, 0.05) is 0 Å². The van der Waals surface area contributed by atoms with E-state index in [2.05, 4.69) is 12.2 Å². The standard InChI is InChI=1S/C15H18O2/c16-15(17)14-8-4-7-13(11-14)10-9-12-5-2-1-3-6-12/h4,7-12H,1-3,5-6H2,(H,16,17)/b10-9-. The zero-order chi connectivity index (χ0) is 12.1. The molecule has 1 saturated carbocycles. The van der Waals surface area contributed by atoms with Crippen LogP contribution in [-0.4, -0.2) is 11.1 Å². The number of aromatic carboxylic acids is 1. The molecule has 2 nitrogen and oxygen atoms in total. The minimum atomic E-state index is -0.863. The van der Waals surface area contributed by atoms with Crippen LogP contribution in [-0.2, 0) is 0 Å².